The third-order valence-electron chi connectivity index (χ3n) is 6.02. The van der Waals surface area contributed by atoms with Crippen molar-refractivity contribution in [2.45, 2.75) is 19.1 Å². The van der Waals surface area contributed by atoms with Gasteiger partial charge < -0.3 is 30.2 Å². The van der Waals surface area contributed by atoms with E-state index in [9.17, 15) is 9.59 Å². The van der Waals surface area contributed by atoms with Gasteiger partial charge in [0.15, 0.2) is 18.2 Å². The third-order valence-corrected chi connectivity index (χ3v) is 6.02. The van der Waals surface area contributed by atoms with Crippen LogP contribution in [0.1, 0.15) is 12.0 Å². The van der Waals surface area contributed by atoms with E-state index < -0.39 is 6.09 Å². The summed E-state index contributed by atoms with van der Waals surface area (Å²) in [7, 11) is 1.87. The van der Waals surface area contributed by atoms with Gasteiger partial charge in [0.1, 0.15) is 18.5 Å². The van der Waals surface area contributed by atoms with Crippen molar-refractivity contribution in [2.24, 2.45) is 0 Å². The van der Waals surface area contributed by atoms with Crippen LogP contribution in [-0.2, 0) is 16.1 Å². The van der Waals surface area contributed by atoms with Gasteiger partial charge in [-0.15, -0.1) is 0 Å². The van der Waals surface area contributed by atoms with Gasteiger partial charge >= 0.3 is 6.09 Å². The molecule has 1 fully saturated rings. The molecule has 2 aliphatic rings. The van der Waals surface area contributed by atoms with Crippen molar-refractivity contribution in [3.8, 4) is 22.9 Å². The first kappa shape index (κ1) is 25.4. The minimum Gasteiger partial charge on any atom is -0.480 e. The monoisotopic (exact) mass is 519 g/mol. The van der Waals surface area contributed by atoms with Gasteiger partial charge in [-0.2, -0.15) is 0 Å². The van der Waals surface area contributed by atoms with E-state index in [2.05, 4.69) is 37.0 Å². The molecule has 0 bridgehead atoms. The highest BCUT2D eigenvalue weighted by atomic mass is 16.6. The molecule has 1 atom stereocenters. The summed E-state index contributed by atoms with van der Waals surface area (Å²) in [5.41, 5.74) is 2.79. The van der Waals surface area contributed by atoms with Crippen molar-refractivity contribution >= 4 is 23.6 Å². The number of nitrogens with one attached hydrogen (secondary N) is 3. The van der Waals surface area contributed by atoms with Gasteiger partial charge in [-0.25, -0.2) is 14.8 Å². The standard InChI is InChI=1S/C26H29N7O5/c1-27-9-10-36-24-14-29-13-20(30-24)18-4-2-3-17(11-18)12-28-8-7-19-15-33(26(35)38-19)22-6-5-21-25(31-22)32-23(34)16-37-21/h2-6,11,13-14,19,27-28H,7-10,12,15-16H2,1H3,(H,31,32,34). The first-order chi connectivity index (χ1) is 18.6. The van der Waals surface area contributed by atoms with Crippen LogP contribution in [0.15, 0.2) is 48.8 Å². The Bertz CT molecular complexity index is 1300. The van der Waals surface area contributed by atoms with Crippen LogP contribution in [0.3, 0.4) is 0 Å². The number of hydrogen-bond donors (Lipinski definition) is 3. The Hall–Kier alpha value is -4.29. The lowest BCUT2D eigenvalue weighted by molar-refractivity contribution is -0.118. The molecule has 4 heterocycles. The van der Waals surface area contributed by atoms with Crippen LogP contribution in [0.2, 0.25) is 0 Å². The molecular formula is C26H29N7O5. The van der Waals surface area contributed by atoms with Crippen LogP contribution >= 0.6 is 0 Å². The van der Waals surface area contributed by atoms with Crippen molar-refractivity contribution in [3.63, 3.8) is 0 Å². The Labute approximate surface area is 219 Å². The van der Waals surface area contributed by atoms with Gasteiger partial charge in [-0.05, 0) is 43.8 Å². The van der Waals surface area contributed by atoms with E-state index in [0.717, 1.165) is 23.4 Å². The molecule has 0 aliphatic carbocycles. The first-order valence-electron chi connectivity index (χ1n) is 12.4. The highest BCUT2D eigenvalue weighted by Crippen LogP contribution is 2.30. The molecular weight excluding hydrogens is 490 g/mol. The number of pyridine rings is 1. The van der Waals surface area contributed by atoms with Crippen LogP contribution in [0.25, 0.3) is 11.3 Å². The van der Waals surface area contributed by atoms with E-state index in [4.69, 9.17) is 14.2 Å². The van der Waals surface area contributed by atoms with Gasteiger partial charge in [-0.1, -0.05) is 18.2 Å². The highest BCUT2D eigenvalue weighted by Gasteiger charge is 2.33. The summed E-state index contributed by atoms with van der Waals surface area (Å²) in [4.78, 5) is 38.6. The van der Waals surface area contributed by atoms with Crippen LogP contribution in [0, 0.1) is 0 Å². The number of nitrogens with zero attached hydrogens (tertiary/aromatic N) is 4. The summed E-state index contributed by atoms with van der Waals surface area (Å²) in [6.45, 7) is 2.88. The predicted molar refractivity (Wildman–Crippen MR) is 139 cm³/mol. The van der Waals surface area contributed by atoms with Crippen molar-refractivity contribution < 1.29 is 23.8 Å². The number of cyclic esters (lactones) is 1. The number of aromatic nitrogens is 3. The lowest BCUT2D eigenvalue weighted by atomic mass is 10.1. The fourth-order valence-corrected chi connectivity index (χ4v) is 4.11. The highest BCUT2D eigenvalue weighted by molar-refractivity contribution is 5.95. The maximum absolute atomic E-state index is 12.4. The number of carbonyl (C=O) groups is 2. The number of ether oxygens (including phenoxy) is 3. The molecule has 12 heteroatoms. The van der Waals surface area contributed by atoms with Crippen LogP contribution in [-0.4, -0.2) is 73.0 Å². The average Bonchev–Trinajstić information content (AvgIpc) is 3.31. The molecule has 2 aliphatic heterocycles. The van der Waals surface area contributed by atoms with Crippen LogP contribution in [0.4, 0.5) is 16.4 Å². The van der Waals surface area contributed by atoms with E-state index >= 15 is 0 Å². The Morgan fingerprint density at radius 3 is 2.97 bits per heavy atom. The molecule has 1 aromatic carbocycles. The second-order valence-electron chi connectivity index (χ2n) is 8.83. The smallest absolute Gasteiger partial charge is 0.415 e. The largest absolute Gasteiger partial charge is 0.480 e. The molecule has 0 radical (unpaired) electrons. The number of amides is 2. The summed E-state index contributed by atoms with van der Waals surface area (Å²) >= 11 is 0. The molecule has 38 heavy (non-hydrogen) atoms. The number of carbonyl (C=O) groups excluding carboxylic acids is 2. The lowest BCUT2D eigenvalue weighted by Crippen LogP contribution is -2.29. The SMILES string of the molecule is CNCCOc1cncc(-c2cccc(CNCCC3CN(c4ccc5c(n4)NC(=O)CO5)C(=O)O3)c2)n1. The fourth-order valence-electron chi connectivity index (χ4n) is 4.11. The number of benzene rings is 1. The molecule has 3 N–H and O–H groups in total. The molecule has 5 rings (SSSR count). The van der Waals surface area contributed by atoms with Crippen LogP contribution in [0.5, 0.6) is 11.6 Å². The van der Waals surface area contributed by atoms with Crippen molar-refractivity contribution in [2.75, 3.05) is 50.1 Å². The Balaban J connectivity index is 1.11. The van der Waals surface area contributed by atoms with E-state index in [1.54, 1.807) is 24.5 Å². The van der Waals surface area contributed by atoms with E-state index in [0.29, 0.717) is 55.9 Å². The summed E-state index contributed by atoms with van der Waals surface area (Å²) in [6.07, 6.45) is 3.23. The number of fused-ring (bicyclic) bond motifs is 1. The zero-order chi connectivity index (χ0) is 26.3. The molecule has 0 spiro atoms. The zero-order valence-corrected chi connectivity index (χ0v) is 21.0. The maximum atomic E-state index is 12.4. The minimum atomic E-state index is -0.462. The van der Waals surface area contributed by atoms with Gasteiger partial charge in [0.2, 0.25) is 5.88 Å². The molecule has 2 amide bonds. The number of rotatable bonds is 11. The Kier molecular flexibility index (Phi) is 7.90. The van der Waals surface area contributed by atoms with Crippen LogP contribution < -0.4 is 30.3 Å². The minimum absolute atomic E-state index is 0.0490. The normalized spacial score (nSPS) is 16.4. The quantitative estimate of drug-likeness (QED) is 0.322. The molecule has 198 valence electrons. The molecule has 1 unspecified atom stereocenters. The molecule has 3 aromatic rings. The lowest BCUT2D eigenvalue weighted by Gasteiger charge is -2.19. The maximum Gasteiger partial charge on any atom is 0.415 e. The van der Waals surface area contributed by atoms with Gasteiger partial charge in [0.05, 0.1) is 24.6 Å². The number of likely N-dealkylation sites (N-methyl/N-ethyl adjacent to an activating group) is 1. The number of hydrogen-bond acceptors (Lipinski definition) is 10. The summed E-state index contributed by atoms with van der Waals surface area (Å²) in [6, 6.07) is 11.4. The average molecular weight is 520 g/mol. The Morgan fingerprint density at radius 2 is 2.08 bits per heavy atom. The third kappa shape index (κ3) is 6.15. The topological polar surface area (TPSA) is 140 Å². The summed E-state index contributed by atoms with van der Waals surface area (Å²) < 4.78 is 16.5. The predicted octanol–water partition coefficient (Wildman–Crippen LogP) is 1.97. The number of anilines is 2. The summed E-state index contributed by atoms with van der Waals surface area (Å²) in [5.74, 6) is 1.40. The molecule has 2 aromatic heterocycles. The molecule has 1 saturated heterocycles. The van der Waals surface area contributed by atoms with Gasteiger partial charge in [-0.3, -0.25) is 14.7 Å². The van der Waals surface area contributed by atoms with Crippen molar-refractivity contribution in [1.82, 2.24) is 25.6 Å². The molecule has 0 saturated carbocycles. The van der Waals surface area contributed by atoms with E-state index in [-0.39, 0.29) is 18.6 Å². The van der Waals surface area contributed by atoms with Crippen molar-refractivity contribution in [1.29, 1.82) is 0 Å². The Morgan fingerprint density at radius 1 is 1.16 bits per heavy atom. The fraction of sp³-hybridized carbons (Fsp3) is 0.346. The summed E-state index contributed by atoms with van der Waals surface area (Å²) in [5, 5.41) is 9.10. The molecule has 12 nitrogen and oxygen atoms in total. The second-order valence-corrected chi connectivity index (χ2v) is 8.83. The van der Waals surface area contributed by atoms with Crippen molar-refractivity contribution in [3.05, 3.63) is 54.4 Å². The van der Waals surface area contributed by atoms with E-state index in [1.807, 2.05) is 25.2 Å². The van der Waals surface area contributed by atoms with Gasteiger partial charge in [0.25, 0.3) is 5.91 Å². The first-order valence-corrected chi connectivity index (χ1v) is 12.4. The van der Waals surface area contributed by atoms with E-state index in [1.165, 1.54) is 4.90 Å². The zero-order valence-electron chi connectivity index (χ0n) is 21.0. The van der Waals surface area contributed by atoms with Gasteiger partial charge in [0, 0.05) is 18.7 Å². The second kappa shape index (κ2) is 11.8.